The van der Waals surface area contributed by atoms with Crippen LogP contribution in [0.4, 0.5) is 8.78 Å². The Kier molecular flexibility index (Phi) is 8.10. The van der Waals surface area contributed by atoms with E-state index in [0.29, 0.717) is 38.4 Å². The van der Waals surface area contributed by atoms with E-state index in [9.17, 15) is 13.6 Å². The van der Waals surface area contributed by atoms with Crippen LogP contribution in [-0.2, 0) is 22.6 Å². The first-order valence-corrected chi connectivity index (χ1v) is 13.9. The van der Waals surface area contributed by atoms with E-state index in [0.717, 1.165) is 51.9 Å². The van der Waals surface area contributed by atoms with Crippen molar-refractivity contribution in [3.63, 3.8) is 0 Å². The maximum Gasteiger partial charge on any atom is 0.252 e. The highest BCUT2D eigenvalue weighted by atomic mass is 19.3. The van der Waals surface area contributed by atoms with E-state index < -0.39 is 5.92 Å². The molecule has 0 fully saturated rings. The van der Waals surface area contributed by atoms with E-state index in [1.54, 1.807) is 7.05 Å². The highest BCUT2D eigenvalue weighted by molar-refractivity contribution is 6.30. The van der Waals surface area contributed by atoms with Crippen LogP contribution < -0.4 is 5.32 Å². The molecule has 0 radical (unpaired) electrons. The van der Waals surface area contributed by atoms with Crippen molar-refractivity contribution < 1.29 is 18.3 Å². The average molecular weight is 549 g/mol. The second-order valence-electron chi connectivity index (χ2n) is 10.9. The van der Waals surface area contributed by atoms with Crippen molar-refractivity contribution in [2.75, 3.05) is 33.8 Å². The summed E-state index contributed by atoms with van der Waals surface area (Å²) in [5, 5.41) is 4.96. The molecule has 5 rings (SSSR count). The molecular formula is C32H38F2N4O2. The Morgan fingerprint density at radius 3 is 2.27 bits per heavy atom. The Morgan fingerprint density at radius 2 is 1.62 bits per heavy atom. The summed E-state index contributed by atoms with van der Waals surface area (Å²) in [5.74, 6) is -2.81. The van der Waals surface area contributed by atoms with Crippen LogP contribution in [0.1, 0.15) is 37.8 Å². The molecule has 0 aliphatic carbocycles. The highest BCUT2D eigenvalue weighted by Crippen LogP contribution is 2.36. The van der Waals surface area contributed by atoms with Crippen LogP contribution in [0.25, 0.3) is 33.0 Å². The van der Waals surface area contributed by atoms with E-state index in [1.165, 1.54) is 0 Å². The molecule has 40 heavy (non-hydrogen) atoms. The Labute approximate surface area is 234 Å². The number of rotatable bonds is 6. The predicted molar refractivity (Wildman–Crippen MR) is 158 cm³/mol. The average Bonchev–Trinajstić information content (AvgIpc) is 3.48. The number of aromatic nitrogens is 2. The molecule has 4 aromatic rings. The first-order valence-electron chi connectivity index (χ1n) is 13.9. The molecule has 212 valence electrons. The summed E-state index contributed by atoms with van der Waals surface area (Å²) in [5.41, 5.74) is 5.60. The zero-order valence-corrected chi connectivity index (χ0v) is 23.7. The fourth-order valence-electron chi connectivity index (χ4n) is 5.77. The van der Waals surface area contributed by atoms with Crippen molar-refractivity contribution >= 4 is 38.9 Å². The number of hydrogen-bond donors (Lipinski definition) is 1. The van der Waals surface area contributed by atoms with Crippen molar-refractivity contribution in [2.24, 2.45) is 0 Å². The number of nitrogens with one attached hydrogen (secondary N) is 1. The number of ether oxygens (including phenoxy) is 1. The molecule has 0 saturated heterocycles. The number of carbonyl (C=O) groups is 1. The molecule has 2 aromatic carbocycles. The maximum absolute atomic E-state index is 13.5. The SMILES string of the molecule is CNC(=O)/C1=C(\C)c2cn(c3ccccc23)CCC(CN(C)CCC(C)(F)F)OCCn2cc1c1ccccc12. The standard InChI is InChI=1S/C32H38F2N4O2/c1-22-26-20-37(28-11-7-5-9-24(26)28)15-13-23(19-36(4)16-14-32(2,33)34)40-18-17-38-21-27(30(22)31(39)35-3)25-10-6-8-12-29(25)38/h5-12,20-21,23H,13-19H2,1-4H3,(H,35,39)/b30-22+. The van der Waals surface area contributed by atoms with E-state index in [2.05, 4.69) is 51.1 Å². The second kappa shape index (κ2) is 11.6. The Bertz CT molecular complexity index is 1550. The van der Waals surface area contributed by atoms with Crippen LogP contribution >= 0.6 is 0 Å². The molecule has 3 heterocycles. The van der Waals surface area contributed by atoms with Gasteiger partial charge in [0.2, 0.25) is 5.92 Å². The summed E-state index contributed by atoms with van der Waals surface area (Å²) in [6.07, 6.45) is 4.61. The Hall–Kier alpha value is -3.49. The van der Waals surface area contributed by atoms with Gasteiger partial charge in [-0.15, -0.1) is 0 Å². The number of alkyl halides is 2. The summed E-state index contributed by atoms with van der Waals surface area (Å²) in [6.45, 7) is 5.65. The van der Waals surface area contributed by atoms with Gasteiger partial charge in [0.1, 0.15) is 0 Å². The van der Waals surface area contributed by atoms with Gasteiger partial charge in [-0.2, -0.15) is 0 Å². The van der Waals surface area contributed by atoms with Gasteiger partial charge in [-0.25, -0.2) is 8.78 Å². The van der Waals surface area contributed by atoms with Crippen LogP contribution in [0.15, 0.2) is 60.9 Å². The summed E-state index contributed by atoms with van der Waals surface area (Å²) in [7, 11) is 3.55. The van der Waals surface area contributed by atoms with E-state index in [-0.39, 0.29) is 18.4 Å². The van der Waals surface area contributed by atoms with Crippen LogP contribution in [0, 0.1) is 0 Å². The van der Waals surface area contributed by atoms with Gasteiger partial charge in [0.05, 0.1) is 18.3 Å². The lowest BCUT2D eigenvalue weighted by atomic mass is 9.94. The fraction of sp³-hybridized carbons (Fsp3) is 0.406. The molecule has 6 nitrogen and oxygen atoms in total. The van der Waals surface area contributed by atoms with E-state index in [4.69, 9.17) is 4.74 Å². The van der Waals surface area contributed by atoms with Gasteiger partial charge in [0.25, 0.3) is 5.91 Å². The molecule has 1 unspecified atom stereocenters. The van der Waals surface area contributed by atoms with Crippen molar-refractivity contribution in [3.8, 4) is 0 Å². The van der Waals surface area contributed by atoms with Crippen molar-refractivity contribution in [1.82, 2.24) is 19.4 Å². The third-order valence-corrected chi connectivity index (χ3v) is 7.91. The monoisotopic (exact) mass is 548 g/mol. The minimum atomic E-state index is -2.69. The van der Waals surface area contributed by atoms with Crippen molar-refractivity contribution in [2.45, 2.75) is 51.8 Å². The molecule has 2 aromatic heterocycles. The minimum absolute atomic E-state index is 0.123. The number of hydrogen-bond acceptors (Lipinski definition) is 3. The lowest BCUT2D eigenvalue weighted by molar-refractivity contribution is -0.115. The Balaban J connectivity index is 1.61. The molecular weight excluding hydrogens is 510 g/mol. The molecule has 1 amide bonds. The molecule has 1 N–H and O–H groups in total. The van der Waals surface area contributed by atoms with Gasteiger partial charge in [0, 0.05) is 85.0 Å². The topological polar surface area (TPSA) is 51.4 Å². The smallest absolute Gasteiger partial charge is 0.252 e. The normalized spacial score (nSPS) is 18.8. The van der Waals surface area contributed by atoms with E-state index in [1.807, 2.05) is 43.1 Å². The minimum Gasteiger partial charge on any atom is -0.375 e. The number of aryl methyl sites for hydroxylation is 1. The largest absolute Gasteiger partial charge is 0.375 e. The van der Waals surface area contributed by atoms with Crippen LogP contribution in [0.3, 0.4) is 0 Å². The quantitative estimate of drug-likeness (QED) is 0.320. The summed E-state index contributed by atoms with van der Waals surface area (Å²) in [6, 6.07) is 16.4. The van der Waals surface area contributed by atoms with Crippen molar-refractivity contribution in [1.29, 1.82) is 0 Å². The molecule has 0 saturated carbocycles. The second-order valence-corrected chi connectivity index (χ2v) is 10.9. The molecule has 4 bridgehead atoms. The highest BCUT2D eigenvalue weighted by Gasteiger charge is 2.25. The number of nitrogens with zero attached hydrogens (tertiary/aromatic N) is 3. The van der Waals surface area contributed by atoms with Crippen LogP contribution in [0.5, 0.6) is 0 Å². The molecule has 0 spiro atoms. The number of allylic oxidation sites excluding steroid dienone is 1. The number of likely N-dealkylation sites (N-methyl/N-ethyl adjacent to an activating group) is 2. The first-order chi connectivity index (χ1) is 19.2. The molecule has 1 atom stereocenters. The lowest BCUT2D eigenvalue weighted by Gasteiger charge is -2.26. The molecule has 8 heteroatoms. The predicted octanol–water partition coefficient (Wildman–Crippen LogP) is 6.04. The van der Waals surface area contributed by atoms with E-state index >= 15 is 0 Å². The van der Waals surface area contributed by atoms with Gasteiger partial charge >= 0.3 is 0 Å². The number of para-hydroxylation sites is 2. The van der Waals surface area contributed by atoms with Crippen LogP contribution in [-0.4, -0.2) is 65.8 Å². The van der Waals surface area contributed by atoms with Gasteiger partial charge in [-0.1, -0.05) is 36.4 Å². The summed E-state index contributed by atoms with van der Waals surface area (Å²) >= 11 is 0. The lowest BCUT2D eigenvalue weighted by Crippen LogP contribution is -2.35. The van der Waals surface area contributed by atoms with Gasteiger partial charge < -0.3 is 24.1 Å². The summed E-state index contributed by atoms with van der Waals surface area (Å²) in [4.78, 5) is 15.4. The van der Waals surface area contributed by atoms with Gasteiger partial charge in [-0.3, -0.25) is 4.79 Å². The molecule has 1 aliphatic heterocycles. The summed E-state index contributed by atoms with van der Waals surface area (Å²) < 4.78 is 37.8. The fourth-order valence-corrected chi connectivity index (χ4v) is 5.77. The van der Waals surface area contributed by atoms with Crippen LogP contribution in [0.2, 0.25) is 0 Å². The van der Waals surface area contributed by atoms with Gasteiger partial charge in [-0.05, 0) is 45.0 Å². The third-order valence-electron chi connectivity index (χ3n) is 7.91. The molecule has 1 aliphatic rings. The zero-order chi connectivity index (χ0) is 28.4. The Morgan fingerprint density at radius 1 is 1.02 bits per heavy atom. The zero-order valence-electron chi connectivity index (χ0n) is 23.7. The third kappa shape index (κ3) is 5.83. The maximum atomic E-state index is 13.5. The number of amides is 1. The number of halogens is 2. The van der Waals surface area contributed by atoms with Gasteiger partial charge in [0.15, 0.2) is 0 Å². The van der Waals surface area contributed by atoms with Crippen molar-refractivity contribution in [3.05, 3.63) is 72.1 Å². The number of benzene rings is 2. The number of fused-ring (bicyclic) bond motifs is 10. The first kappa shape index (κ1) is 28.1. The number of carbonyl (C=O) groups excluding carboxylic acids is 1.